The Morgan fingerprint density at radius 2 is 1.83 bits per heavy atom. The van der Waals surface area contributed by atoms with Crippen LogP contribution in [-0.2, 0) is 5.41 Å². The third kappa shape index (κ3) is 1.25. The number of hydrogen-bond acceptors (Lipinski definition) is 0. The van der Waals surface area contributed by atoms with Crippen molar-refractivity contribution >= 4 is 11.6 Å². The lowest BCUT2D eigenvalue weighted by Crippen LogP contribution is -2.04. The van der Waals surface area contributed by atoms with Crippen molar-refractivity contribution in [1.82, 2.24) is 0 Å². The maximum Gasteiger partial charge on any atom is 0.0406 e. The summed E-state index contributed by atoms with van der Waals surface area (Å²) in [6.45, 7) is 2.14. The zero-order valence-electron chi connectivity index (χ0n) is 7.18. The van der Waals surface area contributed by atoms with Crippen LogP contribution in [0.15, 0.2) is 24.3 Å². The molecule has 0 spiro atoms. The van der Waals surface area contributed by atoms with Crippen LogP contribution in [0.3, 0.4) is 0 Å². The molecule has 1 aromatic carbocycles. The lowest BCUT2D eigenvalue weighted by atomic mass is 9.93. The Bertz CT molecular complexity index is 270. The molecule has 1 aliphatic rings. The Kier molecular flexibility index (Phi) is 1.88. The Morgan fingerprint density at radius 3 is 2.25 bits per heavy atom. The van der Waals surface area contributed by atoms with Gasteiger partial charge >= 0.3 is 0 Å². The molecule has 63 valence electrons. The van der Waals surface area contributed by atoms with Gasteiger partial charge in [-0.15, -0.1) is 0 Å². The summed E-state index contributed by atoms with van der Waals surface area (Å²) in [5, 5.41) is 0.825. The van der Waals surface area contributed by atoms with Gasteiger partial charge < -0.3 is 0 Å². The van der Waals surface area contributed by atoms with Crippen molar-refractivity contribution in [2.24, 2.45) is 0 Å². The molecule has 0 N–H and O–H groups in total. The standard InChI is InChI=1S/C11H12Cl/c1-2-11(7-8-11)9-3-5-10(12)6-4-9/h2-6H,7-8H2,1H3. The normalized spacial score (nSPS) is 19.2. The van der Waals surface area contributed by atoms with Gasteiger partial charge in [0, 0.05) is 5.02 Å². The smallest absolute Gasteiger partial charge is 0.0406 e. The molecule has 1 radical (unpaired) electrons. The highest BCUT2D eigenvalue weighted by molar-refractivity contribution is 6.30. The molecule has 1 heteroatoms. The minimum absolute atomic E-state index is 0.393. The molecule has 1 aliphatic carbocycles. The zero-order chi connectivity index (χ0) is 8.60. The maximum atomic E-state index is 5.82. The van der Waals surface area contributed by atoms with Crippen molar-refractivity contribution < 1.29 is 0 Å². The summed E-state index contributed by atoms with van der Waals surface area (Å²) in [5.41, 5.74) is 1.80. The molecular weight excluding hydrogens is 168 g/mol. The van der Waals surface area contributed by atoms with Gasteiger partial charge in [-0.25, -0.2) is 0 Å². The van der Waals surface area contributed by atoms with Gasteiger partial charge in [0.1, 0.15) is 0 Å². The highest BCUT2D eigenvalue weighted by Gasteiger charge is 2.42. The summed E-state index contributed by atoms with van der Waals surface area (Å²) >= 11 is 5.82. The van der Waals surface area contributed by atoms with E-state index in [9.17, 15) is 0 Å². The van der Waals surface area contributed by atoms with Crippen molar-refractivity contribution in [2.75, 3.05) is 0 Å². The maximum absolute atomic E-state index is 5.82. The number of hydrogen-bond donors (Lipinski definition) is 0. The van der Waals surface area contributed by atoms with Crippen molar-refractivity contribution in [3.8, 4) is 0 Å². The molecule has 0 aromatic heterocycles. The van der Waals surface area contributed by atoms with Gasteiger partial charge in [-0.3, -0.25) is 0 Å². The summed E-state index contributed by atoms with van der Waals surface area (Å²) < 4.78 is 0. The van der Waals surface area contributed by atoms with Gasteiger partial charge in [0.2, 0.25) is 0 Å². The van der Waals surface area contributed by atoms with Crippen LogP contribution in [0.4, 0.5) is 0 Å². The van der Waals surface area contributed by atoms with Gasteiger partial charge in [0.05, 0.1) is 0 Å². The second kappa shape index (κ2) is 2.77. The minimum Gasteiger partial charge on any atom is -0.0843 e. The predicted octanol–water partition coefficient (Wildman–Crippen LogP) is 3.60. The van der Waals surface area contributed by atoms with E-state index in [1.807, 2.05) is 12.1 Å². The van der Waals surface area contributed by atoms with E-state index in [0.29, 0.717) is 5.41 Å². The van der Waals surface area contributed by atoms with Crippen LogP contribution in [0.25, 0.3) is 0 Å². The summed E-state index contributed by atoms with van der Waals surface area (Å²) in [6.07, 6.45) is 4.90. The second-order valence-corrected chi connectivity index (χ2v) is 3.89. The molecule has 0 nitrogen and oxygen atoms in total. The topological polar surface area (TPSA) is 0 Å². The lowest BCUT2D eigenvalue weighted by molar-refractivity contribution is 0.813. The fraction of sp³-hybridized carbons (Fsp3) is 0.364. The SMILES string of the molecule is C[CH]C1(c2ccc(Cl)cc2)CC1. The average molecular weight is 180 g/mol. The molecule has 0 saturated heterocycles. The van der Waals surface area contributed by atoms with Crippen LogP contribution < -0.4 is 0 Å². The number of halogens is 1. The van der Waals surface area contributed by atoms with E-state index in [0.717, 1.165) is 5.02 Å². The van der Waals surface area contributed by atoms with E-state index < -0.39 is 0 Å². The molecule has 2 rings (SSSR count). The first-order valence-corrected chi connectivity index (χ1v) is 4.71. The molecule has 0 unspecified atom stereocenters. The van der Waals surface area contributed by atoms with Gasteiger partial charge in [-0.2, -0.15) is 0 Å². The van der Waals surface area contributed by atoms with Crippen LogP contribution >= 0.6 is 11.6 Å². The van der Waals surface area contributed by atoms with Crippen LogP contribution in [0.2, 0.25) is 5.02 Å². The minimum atomic E-state index is 0.393. The molecular formula is C11H12Cl. The summed E-state index contributed by atoms with van der Waals surface area (Å²) in [6, 6.07) is 8.21. The van der Waals surface area contributed by atoms with Crippen LogP contribution in [0.5, 0.6) is 0 Å². The quantitative estimate of drug-likeness (QED) is 0.651. The third-order valence-electron chi connectivity index (χ3n) is 2.76. The summed E-state index contributed by atoms with van der Waals surface area (Å²) in [7, 11) is 0. The third-order valence-corrected chi connectivity index (χ3v) is 3.01. The molecule has 1 aromatic rings. The molecule has 0 amide bonds. The van der Waals surface area contributed by atoms with Crippen molar-refractivity contribution in [2.45, 2.75) is 25.2 Å². The Hall–Kier alpha value is -0.490. The number of rotatable bonds is 2. The molecule has 1 fully saturated rings. The van der Waals surface area contributed by atoms with E-state index in [-0.39, 0.29) is 0 Å². The molecule has 0 atom stereocenters. The highest BCUT2D eigenvalue weighted by Crippen LogP contribution is 2.50. The Morgan fingerprint density at radius 1 is 1.25 bits per heavy atom. The molecule has 0 heterocycles. The number of benzene rings is 1. The van der Waals surface area contributed by atoms with Crippen molar-refractivity contribution in [1.29, 1.82) is 0 Å². The van der Waals surface area contributed by atoms with Crippen LogP contribution in [0, 0.1) is 6.42 Å². The zero-order valence-corrected chi connectivity index (χ0v) is 7.93. The first-order valence-electron chi connectivity index (χ1n) is 4.33. The van der Waals surface area contributed by atoms with Gasteiger partial charge in [-0.05, 0) is 42.4 Å². The van der Waals surface area contributed by atoms with Crippen LogP contribution in [0.1, 0.15) is 25.3 Å². The fourth-order valence-corrected chi connectivity index (χ4v) is 1.79. The second-order valence-electron chi connectivity index (χ2n) is 3.45. The molecule has 0 bridgehead atoms. The Balaban J connectivity index is 2.29. The molecule has 12 heavy (non-hydrogen) atoms. The van der Waals surface area contributed by atoms with E-state index >= 15 is 0 Å². The van der Waals surface area contributed by atoms with Crippen molar-refractivity contribution in [3.05, 3.63) is 41.3 Å². The van der Waals surface area contributed by atoms with Gasteiger partial charge in [0.25, 0.3) is 0 Å². The largest absolute Gasteiger partial charge is 0.0843 e. The summed E-state index contributed by atoms with van der Waals surface area (Å²) in [4.78, 5) is 0. The highest BCUT2D eigenvalue weighted by atomic mass is 35.5. The van der Waals surface area contributed by atoms with E-state index in [1.54, 1.807) is 0 Å². The average Bonchev–Trinajstić information content (AvgIpc) is 2.86. The predicted molar refractivity (Wildman–Crippen MR) is 52.3 cm³/mol. The van der Waals surface area contributed by atoms with Gasteiger partial charge in [-0.1, -0.05) is 30.7 Å². The Labute approximate surface area is 78.6 Å². The van der Waals surface area contributed by atoms with Crippen LogP contribution in [-0.4, -0.2) is 0 Å². The molecule has 0 aliphatic heterocycles. The van der Waals surface area contributed by atoms with E-state index in [4.69, 9.17) is 11.6 Å². The monoisotopic (exact) mass is 179 g/mol. The van der Waals surface area contributed by atoms with E-state index in [1.165, 1.54) is 18.4 Å². The summed E-state index contributed by atoms with van der Waals surface area (Å²) in [5.74, 6) is 0. The first-order chi connectivity index (χ1) is 5.77. The first kappa shape index (κ1) is 8.12. The van der Waals surface area contributed by atoms with Crippen molar-refractivity contribution in [3.63, 3.8) is 0 Å². The lowest BCUT2D eigenvalue weighted by Gasteiger charge is -2.11. The van der Waals surface area contributed by atoms with E-state index in [2.05, 4.69) is 25.5 Å². The molecule has 1 saturated carbocycles. The van der Waals surface area contributed by atoms with Gasteiger partial charge in [0.15, 0.2) is 0 Å². The fourth-order valence-electron chi connectivity index (χ4n) is 1.66.